The van der Waals surface area contributed by atoms with Crippen molar-refractivity contribution in [3.8, 4) is 0 Å². The maximum atomic E-state index is 11.2. The number of carbonyl (C=O) groups is 1. The molecule has 5 heteroatoms. The summed E-state index contributed by atoms with van der Waals surface area (Å²) in [6.07, 6.45) is 1.79. The monoisotopic (exact) mass is 248 g/mol. The van der Waals surface area contributed by atoms with E-state index in [4.69, 9.17) is 0 Å². The van der Waals surface area contributed by atoms with E-state index in [9.17, 15) is 4.79 Å². The van der Waals surface area contributed by atoms with Gasteiger partial charge in [-0.3, -0.25) is 0 Å². The van der Waals surface area contributed by atoms with Crippen LogP contribution in [0.3, 0.4) is 0 Å². The predicted molar refractivity (Wildman–Crippen MR) is 65.2 cm³/mol. The van der Waals surface area contributed by atoms with E-state index in [1.54, 1.807) is 30.1 Å². The van der Waals surface area contributed by atoms with Crippen LogP contribution in [0.25, 0.3) is 0 Å². The second-order valence-electron chi connectivity index (χ2n) is 3.45. The summed E-state index contributed by atoms with van der Waals surface area (Å²) in [6.45, 7) is 1.91. The van der Waals surface area contributed by atoms with E-state index in [0.717, 1.165) is 15.7 Å². The molecule has 4 nitrogen and oxygen atoms in total. The lowest BCUT2D eigenvalue weighted by Crippen LogP contribution is -2.00. The molecule has 0 fully saturated rings. The fraction of sp³-hybridized carbons (Fsp3) is 0.167. The molecule has 0 atom stereocenters. The third kappa shape index (κ3) is 2.88. The molecular formula is C12H12N2O2S. The quantitative estimate of drug-likeness (QED) is 0.848. The van der Waals surface area contributed by atoms with Gasteiger partial charge in [-0.05, 0) is 31.2 Å². The van der Waals surface area contributed by atoms with Gasteiger partial charge in [-0.2, -0.15) is 0 Å². The van der Waals surface area contributed by atoms with Gasteiger partial charge in [0.05, 0.1) is 23.9 Å². The number of nitrogens with one attached hydrogen (secondary N) is 1. The Hall–Kier alpha value is -1.75. The third-order valence-corrected chi connectivity index (χ3v) is 3.12. The zero-order valence-electron chi connectivity index (χ0n) is 9.56. The van der Waals surface area contributed by atoms with Gasteiger partial charge in [0.1, 0.15) is 5.82 Å². The summed E-state index contributed by atoms with van der Waals surface area (Å²) in [5.74, 6) is 0.567. The van der Waals surface area contributed by atoms with Crippen molar-refractivity contribution in [1.29, 1.82) is 0 Å². The summed E-state index contributed by atoms with van der Waals surface area (Å²) in [5, 5.41) is 0.980. The number of ether oxygens (including phenoxy) is 1. The molecule has 1 N–H and O–H groups in total. The number of imidazole rings is 1. The van der Waals surface area contributed by atoms with Crippen LogP contribution >= 0.6 is 11.8 Å². The van der Waals surface area contributed by atoms with E-state index in [-0.39, 0.29) is 5.97 Å². The first-order chi connectivity index (χ1) is 8.19. The molecule has 0 unspecified atom stereocenters. The Morgan fingerprint density at radius 1 is 1.35 bits per heavy atom. The van der Waals surface area contributed by atoms with E-state index < -0.39 is 0 Å². The van der Waals surface area contributed by atoms with Crippen molar-refractivity contribution >= 4 is 17.7 Å². The Bertz CT molecular complexity index is 520. The first-order valence-corrected chi connectivity index (χ1v) is 5.88. The third-order valence-electron chi connectivity index (χ3n) is 2.18. The summed E-state index contributed by atoms with van der Waals surface area (Å²) in [4.78, 5) is 19.5. The van der Waals surface area contributed by atoms with Gasteiger partial charge >= 0.3 is 5.97 Å². The summed E-state index contributed by atoms with van der Waals surface area (Å²) >= 11 is 1.57. The highest BCUT2D eigenvalue weighted by Crippen LogP contribution is 2.26. The number of aromatic nitrogens is 2. The van der Waals surface area contributed by atoms with Crippen molar-refractivity contribution in [3.05, 3.63) is 41.9 Å². The molecule has 0 amide bonds. The van der Waals surface area contributed by atoms with Gasteiger partial charge in [0.15, 0.2) is 0 Å². The van der Waals surface area contributed by atoms with Crippen molar-refractivity contribution in [1.82, 2.24) is 9.97 Å². The number of aryl methyl sites for hydroxylation is 1. The van der Waals surface area contributed by atoms with Crippen LogP contribution in [0.5, 0.6) is 0 Å². The van der Waals surface area contributed by atoms with Crippen molar-refractivity contribution in [2.75, 3.05) is 7.11 Å². The van der Waals surface area contributed by atoms with Gasteiger partial charge in [0.2, 0.25) is 0 Å². The first kappa shape index (κ1) is 11.7. The molecular weight excluding hydrogens is 236 g/mol. The molecule has 1 aromatic carbocycles. The minimum absolute atomic E-state index is 0.320. The lowest BCUT2D eigenvalue weighted by molar-refractivity contribution is 0.0600. The van der Waals surface area contributed by atoms with E-state index in [0.29, 0.717) is 5.56 Å². The van der Waals surface area contributed by atoms with Gasteiger partial charge in [0, 0.05) is 4.90 Å². The molecule has 0 aliphatic rings. The summed E-state index contributed by atoms with van der Waals surface area (Å²) in [6, 6.07) is 7.26. The van der Waals surface area contributed by atoms with Gasteiger partial charge < -0.3 is 9.72 Å². The Labute approximate surface area is 103 Å². The number of methoxy groups -OCH3 is 1. The maximum absolute atomic E-state index is 11.2. The highest BCUT2D eigenvalue weighted by molar-refractivity contribution is 7.99. The van der Waals surface area contributed by atoms with Crippen LogP contribution in [0.4, 0.5) is 0 Å². The lowest BCUT2D eigenvalue weighted by Gasteiger charge is -2.01. The number of benzene rings is 1. The molecule has 88 valence electrons. The van der Waals surface area contributed by atoms with Crippen LogP contribution in [0.1, 0.15) is 16.2 Å². The van der Waals surface area contributed by atoms with Crippen molar-refractivity contribution in [2.24, 2.45) is 0 Å². The average Bonchev–Trinajstić information content (AvgIpc) is 2.75. The van der Waals surface area contributed by atoms with E-state index >= 15 is 0 Å². The SMILES string of the molecule is COC(=O)c1ccc(Sc2cnc(C)[nH]2)cc1. The standard InChI is InChI=1S/C12H12N2O2S/c1-8-13-7-11(14-8)17-10-5-3-9(4-6-10)12(15)16-2/h3-7H,1-2H3,(H,13,14). The van der Waals surface area contributed by atoms with Crippen LogP contribution < -0.4 is 0 Å². The zero-order chi connectivity index (χ0) is 12.3. The van der Waals surface area contributed by atoms with Crippen LogP contribution in [0, 0.1) is 6.92 Å². The molecule has 0 saturated carbocycles. The minimum Gasteiger partial charge on any atom is -0.465 e. The number of carbonyl (C=O) groups excluding carboxylic acids is 1. The Morgan fingerprint density at radius 2 is 2.06 bits per heavy atom. The largest absolute Gasteiger partial charge is 0.465 e. The molecule has 0 saturated heterocycles. The summed E-state index contributed by atoms with van der Waals surface area (Å²) in [7, 11) is 1.37. The molecule has 1 heterocycles. The van der Waals surface area contributed by atoms with Crippen molar-refractivity contribution < 1.29 is 9.53 Å². The topological polar surface area (TPSA) is 55.0 Å². The number of hydrogen-bond donors (Lipinski definition) is 1. The number of aromatic amines is 1. The number of nitrogens with zero attached hydrogens (tertiary/aromatic N) is 1. The zero-order valence-corrected chi connectivity index (χ0v) is 10.4. The van der Waals surface area contributed by atoms with E-state index in [1.165, 1.54) is 7.11 Å². The van der Waals surface area contributed by atoms with Crippen LogP contribution in [-0.2, 0) is 4.74 Å². The minimum atomic E-state index is -0.320. The number of H-pyrrole nitrogens is 1. The summed E-state index contributed by atoms with van der Waals surface area (Å²) in [5.41, 5.74) is 0.553. The normalized spacial score (nSPS) is 10.2. The fourth-order valence-corrected chi connectivity index (χ4v) is 2.18. The van der Waals surface area contributed by atoms with Crippen LogP contribution in [0.15, 0.2) is 40.4 Å². The van der Waals surface area contributed by atoms with Crippen molar-refractivity contribution in [2.45, 2.75) is 16.8 Å². The molecule has 0 spiro atoms. The van der Waals surface area contributed by atoms with Gasteiger partial charge in [-0.25, -0.2) is 9.78 Å². The Balaban J connectivity index is 2.10. The van der Waals surface area contributed by atoms with Gasteiger partial charge in [-0.15, -0.1) is 0 Å². The molecule has 0 bridgehead atoms. The number of rotatable bonds is 3. The second-order valence-corrected chi connectivity index (χ2v) is 4.57. The highest BCUT2D eigenvalue weighted by Gasteiger charge is 2.05. The van der Waals surface area contributed by atoms with Gasteiger partial charge in [-0.1, -0.05) is 11.8 Å². The molecule has 17 heavy (non-hydrogen) atoms. The highest BCUT2D eigenvalue weighted by atomic mass is 32.2. The van der Waals surface area contributed by atoms with E-state index in [2.05, 4.69) is 14.7 Å². The maximum Gasteiger partial charge on any atom is 0.337 e. The molecule has 2 rings (SSSR count). The lowest BCUT2D eigenvalue weighted by atomic mass is 10.2. The predicted octanol–water partition coefficient (Wildman–Crippen LogP) is 2.66. The number of hydrogen-bond acceptors (Lipinski definition) is 4. The van der Waals surface area contributed by atoms with Crippen molar-refractivity contribution in [3.63, 3.8) is 0 Å². The van der Waals surface area contributed by atoms with Crippen LogP contribution in [-0.4, -0.2) is 23.0 Å². The number of esters is 1. The van der Waals surface area contributed by atoms with Crippen LogP contribution in [0.2, 0.25) is 0 Å². The average molecular weight is 248 g/mol. The second kappa shape index (κ2) is 5.05. The van der Waals surface area contributed by atoms with Gasteiger partial charge in [0.25, 0.3) is 0 Å². The molecule has 1 aromatic heterocycles. The first-order valence-electron chi connectivity index (χ1n) is 5.07. The van der Waals surface area contributed by atoms with E-state index in [1.807, 2.05) is 19.1 Å². The Kier molecular flexibility index (Phi) is 3.49. The molecule has 2 aromatic rings. The smallest absolute Gasteiger partial charge is 0.337 e. The fourth-order valence-electron chi connectivity index (χ4n) is 1.35. The molecule has 0 aliphatic carbocycles. The summed E-state index contributed by atoms with van der Waals surface area (Å²) < 4.78 is 4.64. The molecule has 0 aliphatic heterocycles. The molecule has 0 radical (unpaired) electrons. The Morgan fingerprint density at radius 3 is 2.59 bits per heavy atom.